The van der Waals surface area contributed by atoms with Gasteiger partial charge in [-0.1, -0.05) is 25.0 Å². The Kier molecular flexibility index (Phi) is 5.17. The molecule has 6 rings (SSSR count). The van der Waals surface area contributed by atoms with Crippen LogP contribution in [-0.2, 0) is 9.47 Å². The van der Waals surface area contributed by atoms with Gasteiger partial charge in [0.2, 0.25) is 0 Å². The Bertz CT molecular complexity index is 747. The third-order valence-electron chi connectivity index (χ3n) is 11.3. The van der Waals surface area contributed by atoms with Crippen molar-refractivity contribution in [3.63, 3.8) is 0 Å². The number of nitrogens with one attached hydrogen (secondary N) is 1. The van der Waals surface area contributed by atoms with Crippen LogP contribution in [0.2, 0.25) is 0 Å². The Hall–Kier alpha value is -0.380. The fourth-order valence-electron chi connectivity index (χ4n) is 9.62. The first kappa shape index (κ1) is 21.2. The standard InChI is InChI=1S/C28H45NO2/c1-17-11-26-25(29-16-17)15-28(31-26)10-8-21-22-6-5-19-12-20(30-4)7-9-27(19,3)24(22)13-23(21)18(2)14-28/h17,19-22,24-26,29H,5-16H2,1-4H3. The molecule has 0 radical (unpaired) electrons. The maximum atomic E-state index is 6.94. The van der Waals surface area contributed by atoms with Crippen molar-refractivity contribution in [3.8, 4) is 0 Å². The van der Waals surface area contributed by atoms with E-state index in [0.717, 1.165) is 29.6 Å². The third kappa shape index (κ3) is 3.31. The Morgan fingerprint density at radius 1 is 1.10 bits per heavy atom. The predicted molar refractivity (Wildman–Crippen MR) is 125 cm³/mol. The molecule has 6 aliphatic rings. The summed E-state index contributed by atoms with van der Waals surface area (Å²) < 4.78 is 12.7. The van der Waals surface area contributed by atoms with Crippen LogP contribution >= 0.6 is 0 Å². The van der Waals surface area contributed by atoms with Crippen molar-refractivity contribution in [1.82, 2.24) is 5.32 Å². The Morgan fingerprint density at radius 2 is 1.97 bits per heavy atom. The van der Waals surface area contributed by atoms with E-state index in [1.165, 1.54) is 77.2 Å². The Labute approximate surface area is 190 Å². The van der Waals surface area contributed by atoms with Gasteiger partial charge in [-0.25, -0.2) is 0 Å². The molecular formula is C28H45NO2. The minimum atomic E-state index is 0.126. The number of methoxy groups -OCH3 is 1. The highest BCUT2D eigenvalue weighted by Gasteiger charge is 2.57. The number of allylic oxidation sites excluding steroid dienone is 1. The van der Waals surface area contributed by atoms with Crippen LogP contribution < -0.4 is 5.32 Å². The zero-order chi connectivity index (χ0) is 21.4. The second kappa shape index (κ2) is 7.57. The number of fused-ring (bicyclic) bond motifs is 6. The number of ether oxygens (including phenoxy) is 2. The molecule has 3 heteroatoms. The van der Waals surface area contributed by atoms with Gasteiger partial charge in [0.25, 0.3) is 0 Å². The summed E-state index contributed by atoms with van der Waals surface area (Å²) in [6, 6.07) is 0.602. The van der Waals surface area contributed by atoms with Crippen LogP contribution in [0, 0.1) is 35.0 Å². The Morgan fingerprint density at radius 3 is 2.81 bits per heavy atom. The van der Waals surface area contributed by atoms with Crippen LogP contribution in [0.4, 0.5) is 0 Å². The van der Waals surface area contributed by atoms with Crippen LogP contribution in [0.3, 0.4) is 0 Å². The maximum absolute atomic E-state index is 6.94. The van der Waals surface area contributed by atoms with Gasteiger partial charge in [-0.15, -0.1) is 0 Å². The van der Waals surface area contributed by atoms with E-state index in [4.69, 9.17) is 9.47 Å². The highest BCUT2D eigenvalue weighted by molar-refractivity contribution is 5.28. The summed E-state index contributed by atoms with van der Waals surface area (Å²) in [6.07, 6.45) is 15.6. The third-order valence-corrected chi connectivity index (χ3v) is 11.3. The van der Waals surface area contributed by atoms with Gasteiger partial charge in [0.15, 0.2) is 0 Å². The van der Waals surface area contributed by atoms with Crippen molar-refractivity contribution >= 4 is 0 Å². The highest BCUT2D eigenvalue weighted by atomic mass is 16.5. The minimum Gasteiger partial charge on any atom is -0.381 e. The zero-order valence-corrected chi connectivity index (χ0v) is 20.4. The van der Waals surface area contributed by atoms with E-state index in [1.54, 1.807) is 5.57 Å². The fraction of sp³-hybridized carbons (Fsp3) is 0.929. The number of hydrogen-bond donors (Lipinski definition) is 1. The molecule has 0 bridgehead atoms. The second-order valence-corrected chi connectivity index (χ2v) is 12.9. The molecule has 2 heterocycles. The summed E-state index contributed by atoms with van der Waals surface area (Å²) in [5.41, 5.74) is 4.27. The molecule has 2 aliphatic heterocycles. The molecule has 5 fully saturated rings. The van der Waals surface area contributed by atoms with E-state index in [9.17, 15) is 0 Å². The normalized spacial score (nSPS) is 54.2. The summed E-state index contributed by atoms with van der Waals surface area (Å²) in [4.78, 5) is 0. The number of piperidine rings is 1. The van der Waals surface area contributed by atoms with Gasteiger partial charge in [0.1, 0.15) is 0 Å². The summed E-state index contributed by atoms with van der Waals surface area (Å²) in [6.45, 7) is 8.70. The molecule has 3 saturated carbocycles. The van der Waals surface area contributed by atoms with Crippen LogP contribution in [0.1, 0.15) is 91.4 Å². The molecule has 3 nitrogen and oxygen atoms in total. The lowest BCUT2D eigenvalue weighted by atomic mass is 9.52. The molecule has 0 aromatic heterocycles. The van der Waals surface area contributed by atoms with E-state index in [0.29, 0.717) is 23.7 Å². The topological polar surface area (TPSA) is 30.5 Å². The van der Waals surface area contributed by atoms with Crippen molar-refractivity contribution in [2.45, 2.75) is 115 Å². The highest BCUT2D eigenvalue weighted by Crippen LogP contribution is 2.65. The van der Waals surface area contributed by atoms with Crippen LogP contribution in [0.25, 0.3) is 0 Å². The lowest BCUT2D eigenvalue weighted by molar-refractivity contribution is -0.0811. The van der Waals surface area contributed by atoms with Gasteiger partial charge in [0, 0.05) is 13.2 Å². The molecule has 4 aliphatic carbocycles. The van der Waals surface area contributed by atoms with Crippen LogP contribution in [-0.4, -0.2) is 37.5 Å². The van der Waals surface area contributed by atoms with Crippen LogP contribution in [0.15, 0.2) is 11.1 Å². The average molecular weight is 428 g/mol. The molecule has 31 heavy (non-hydrogen) atoms. The SMILES string of the molecule is COC1CCC2(C)C(CCC3C4CCC5(CC(C)=C4CC32)CC2NCC(C)CC2O5)C1. The summed E-state index contributed by atoms with van der Waals surface area (Å²) in [5, 5.41) is 3.83. The molecule has 2 saturated heterocycles. The lowest BCUT2D eigenvalue weighted by Crippen LogP contribution is -2.47. The fourth-order valence-corrected chi connectivity index (χ4v) is 9.62. The van der Waals surface area contributed by atoms with Crippen molar-refractivity contribution in [2.24, 2.45) is 35.0 Å². The zero-order valence-electron chi connectivity index (χ0n) is 20.4. The summed E-state index contributed by atoms with van der Waals surface area (Å²) in [7, 11) is 1.92. The molecule has 174 valence electrons. The van der Waals surface area contributed by atoms with Gasteiger partial charge in [-0.05, 0) is 119 Å². The first-order valence-corrected chi connectivity index (χ1v) is 13.5. The van der Waals surface area contributed by atoms with E-state index in [2.05, 4.69) is 26.1 Å². The molecule has 0 amide bonds. The van der Waals surface area contributed by atoms with E-state index < -0.39 is 0 Å². The molecule has 0 aromatic carbocycles. The lowest BCUT2D eigenvalue weighted by Gasteiger charge is -2.54. The first-order chi connectivity index (χ1) is 14.9. The van der Waals surface area contributed by atoms with E-state index in [1.807, 2.05) is 12.7 Å². The summed E-state index contributed by atoms with van der Waals surface area (Å²) >= 11 is 0. The maximum Gasteiger partial charge on any atom is 0.0740 e. The number of hydrogen-bond acceptors (Lipinski definition) is 3. The quantitative estimate of drug-likeness (QED) is 0.530. The van der Waals surface area contributed by atoms with Gasteiger partial charge >= 0.3 is 0 Å². The predicted octanol–water partition coefficient (Wildman–Crippen LogP) is 5.88. The van der Waals surface area contributed by atoms with Crippen LogP contribution in [0.5, 0.6) is 0 Å². The molecule has 1 N–H and O–H groups in total. The smallest absolute Gasteiger partial charge is 0.0740 e. The molecule has 10 unspecified atom stereocenters. The van der Waals surface area contributed by atoms with Gasteiger partial charge in [0.05, 0.1) is 17.8 Å². The average Bonchev–Trinajstić information content (AvgIpc) is 3.26. The van der Waals surface area contributed by atoms with Gasteiger partial charge in [-0.2, -0.15) is 0 Å². The van der Waals surface area contributed by atoms with Gasteiger partial charge in [-0.3, -0.25) is 0 Å². The second-order valence-electron chi connectivity index (χ2n) is 12.9. The molecule has 10 atom stereocenters. The Balaban J connectivity index is 1.23. The van der Waals surface area contributed by atoms with Crippen molar-refractivity contribution < 1.29 is 9.47 Å². The van der Waals surface area contributed by atoms with E-state index >= 15 is 0 Å². The van der Waals surface area contributed by atoms with E-state index in [-0.39, 0.29) is 5.60 Å². The first-order valence-electron chi connectivity index (χ1n) is 13.5. The summed E-state index contributed by atoms with van der Waals surface area (Å²) in [5.74, 6) is 4.34. The van der Waals surface area contributed by atoms with Crippen molar-refractivity contribution in [1.29, 1.82) is 0 Å². The largest absolute Gasteiger partial charge is 0.381 e. The minimum absolute atomic E-state index is 0.126. The monoisotopic (exact) mass is 427 g/mol. The van der Waals surface area contributed by atoms with Gasteiger partial charge < -0.3 is 14.8 Å². The molecular weight excluding hydrogens is 382 g/mol. The molecule has 0 aromatic rings. The molecule has 1 spiro atoms. The number of rotatable bonds is 1. The van der Waals surface area contributed by atoms with Crippen molar-refractivity contribution in [2.75, 3.05) is 13.7 Å². The van der Waals surface area contributed by atoms with Crippen molar-refractivity contribution in [3.05, 3.63) is 11.1 Å².